The number of carbonyl (C=O) groups excluding carboxylic acids is 2. The average molecular weight is 354 g/mol. The molecule has 2 aromatic rings. The lowest BCUT2D eigenvalue weighted by Gasteiger charge is -2.09. The molecule has 0 aliphatic heterocycles. The summed E-state index contributed by atoms with van der Waals surface area (Å²) < 4.78 is 0.704. The molecule has 3 N–H and O–H groups in total. The summed E-state index contributed by atoms with van der Waals surface area (Å²) in [6.45, 7) is 0. The molecular formula is C14H10BrClN2O2. The van der Waals surface area contributed by atoms with E-state index in [0.29, 0.717) is 20.7 Å². The largest absolute Gasteiger partial charge is 0.366 e. The monoisotopic (exact) mass is 352 g/mol. The van der Waals surface area contributed by atoms with Gasteiger partial charge in [0.2, 0.25) is 0 Å². The lowest BCUT2D eigenvalue weighted by Crippen LogP contribution is -2.18. The summed E-state index contributed by atoms with van der Waals surface area (Å²) in [5, 5.41) is 3.20. The van der Waals surface area contributed by atoms with E-state index in [0.717, 1.165) is 0 Å². The van der Waals surface area contributed by atoms with E-state index in [4.69, 9.17) is 17.3 Å². The summed E-state index contributed by atoms with van der Waals surface area (Å²) in [5.41, 5.74) is 6.33. The van der Waals surface area contributed by atoms with Gasteiger partial charge in [0.05, 0.1) is 11.3 Å². The third-order valence-electron chi connectivity index (χ3n) is 2.60. The minimum Gasteiger partial charge on any atom is -0.366 e. The van der Waals surface area contributed by atoms with Gasteiger partial charge in [-0.1, -0.05) is 27.5 Å². The van der Waals surface area contributed by atoms with Crippen LogP contribution >= 0.6 is 27.5 Å². The molecule has 0 spiro atoms. The van der Waals surface area contributed by atoms with Crippen molar-refractivity contribution in [2.24, 2.45) is 5.73 Å². The average Bonchev–Trinajstić information content (AvgIpc) is 2.41. The molecule has 0 radical (unpaired) electrons. The zero-order chi connectivity index (χ0) is 14.7. The number of amides is 2. The number of rotatable bonds is 3. The van der Waals surface area contributed by atoms with Gasteiger partial charge in [-0.3, -0.25) is 9.59 Å². The predicted molar refractivity (Wildman–Crippen MR) is 82.1 cm³/mol. The topological polar surface area (TPSA) is 72.2 Å². The van der Waals surface area contributed by atoms with Crippen LogP contribution in [0.25, 0.3) is 0 Å². The van der Waals surface area contributed by atoms with Crippen molar-refractivity contribution in [3.8, 4) is 0 Å². The molecule has 0 aliphatic carbocycles. The number of hydrogen-bond donors (Lipinski definition) is 2. The van der Waals surface area contributed by atoms with E-state index < -0.39 is 5.91 Å². The molecule has 0 saturated heterocycles. The Labute approximate surface area is 129 Å². The van der Waals surface area contributed by atoms with Gasteiger partial charge in [0.15, 0.2) is 0 Å². The second kappa shape index (κ2) is 6.07. The summed E-state index contributed by atoms with van der Waals surface area (Å²) in [4.78, 5) is 23.4. The molecule has 0 heterocycles. The minimum absolute atomic E-state index is 0.238. The van der Waals surface area contributed by atoms with E-state index in [-0.39, 0.29) is 11.5 Å². The third kappa shape index (κ3) is 3.37. The molecule has 4 nitrogen and oxygen atoms in total. The molecular weight excluding hydrogens is 344 g/mol. The Kier molecular flexibility index (Phi) is 4.42. The lowest BCUT2D eigenvalue weighted by molar-refractivity contribution is 0.100. The van der Waals surface area contributed by atoms with Gasteiger partial charge >= 0.3 is 0 Å². The van der Waals surface area contributed by atoms with Gasteiger partial charge < -0.3 is 11.1 Å². The highest BCUT2D eigenvalue weighted by atomic mass is 79.9. The molecule has 0 bridgehead atoms. The fourth-order valence-electron chi connectivity index (χ4n) is 1.63. The Bertz CT molecular complexity index is 671. The minimum atomic E-state index is -0.613. The van der Waals surface area contributed by atoms with Crippen LogP contribution in [0.3, 0.4) is 0 Å². The maximum absolute atomic E-state index is 12.1. The predicted octanol–water partition coefficient (Wildman–Crippen LogP) is 3.45. The SMILES string of the molecule is NC(=O)c1cc(Br)ccc1NC(=O)c1ccc(Cl)cc1. The van der Waals surface area contributed by atoms with Crippen LogP contribution in [0.15, 0.2) is 46.9 Å². The third-order valence-corrected chi connectivity index (χ3v) is 3.35. The first-order valence-electron chi connectivity index (χ1n) is 5.63. The molecule has 0 aromatic heterocycles. The fraction of sp³-hybridized carbons (Fsp3) is 0. The molecule has 2 aromatic carbocycles. The van der Waals surface area contributed by atoms with Crippen LogP contribution in [0.2, 0.25) is 5.02 Å². The number of carbonyl (C=O) groups is 2. The van der Waals surface area contributed by atoms with E-state index >= 15 is 0 Å². The summed E-state index contributed by atoms with van der Waals surface area (Å²) in [7, 11) is 0. The Morgan fingerprint density at radius 1 is 1.10 bits per heavy atom. The first kappa shape index (κ1) is 14.6. The molecule has 102 valence electrons. The van der Waals surface area contributed by atoms with Gasteiger partial charge in [-0.15, -0.1) is 0 Å². The van der Waals surface area contributed by atoms with Crippen LogP contribution < -0.4 is 11.1 Å². The van der Waals surface area contributed by atoms with Crippen LogP contribution in [0.5, 0.6) is 0 Å². The molecule has 0 saturated carbocycles. The van der Waals surface area contributed by atoms with Gasteiger partial charge in [0, 0.05) is 15.1 Å². The number of primary amides is 1. The van der Waals surface area contributed by atoms with Gasteiger partial charge in [-0.2, -0.15) is 0 Å². The molecule has 20 heavy (non-hydrogen) atoms. The number of anilines is 1. The van der Waals surface area contributed by atoms with Crippen molar-refractivity contribution < 1.29 is 9.59 Å². The number of benzene rings is 2. The summed E-state index contributed by atoms with van der Waals surface area (Å²) >= 11 is 9.01. The standard InChI is InChI=1S/C14H10BrClN2O2/c15-9-3-6-12(11(7-9)13(17)19)18-14(20)8-1-4-10(16)5-2-8/h1-7H,(H2,17,19)(H,18,20). The van der Waals surface area contributed by atoms with E-state index in [1.165, 1.54) is 0 Å². The number of nitrogens with one attached hydrogen (secondary N) is 1. The highest BCUT2D eigenvalue weighted by Crippen LogP contribution is 2.21. The zero-order valence-electron chi connectivity index (χ0n) is 10.2. The first-order valence-corrected chi connectivity index (χ1v) is 6.81. The molecule has 2 amide bonds. The summed E-state index contributed by atoms with van der Waals surface area (Å²) in [6, 6.07) is 11.3. The van der Waals surface area contributed by atoms with Gasteiger partial charge in [0.1, 0.15) is 0 Å². The van der Waals surface area contributed by atoms with Crippen LogP contribution in [-0.2, 0) is 0 Å². The summed E-state index contributed by atoms with van der Waals surface area (Å²) in [6.07, 6.45) is 0. The Morgan fingerprint density at radius 3 is 2.35 bits per heavy atom. The van der Waals surface area contributed by atoms with Crippen molar-refractivity contribution in [3.63, 3.8) is 0 Å². The normalized spacial score (nSPS) is 10.1. The Balaban J connectivity index is 2.28. The molecule has 0 unspecified atom stereocenters. The molecule has 0 aliphatic rings. The molecule has 0 fully saturated rings. The number of halogens is 2. The van der Waals surface area contributed by atoms with Crippen LogP contribution in [0, 0.1) is 0 Å². The van der Waals surface area contributed by atoms with Crippen molar-refractivity contribution in [2.75, 3.05) is 5.32 Å². The summed E-state index contributed by atoms with van der Waals surface area (Å²) in [5.74, 6) is -0.954. The van der Waals surface area contributed by atoms with Gasteiger partial charge in [0.25, 0.3) is 11.8 Å². The number of hydrogen-bond acceptors (Lipinski definition) is 2. The van der Waals surface area contributed by atoms with Crippen molar-refractivity contribution in [1.29, 1.82) is 0 Å². The molecule has 6 heteroatoms. The highest BCUT2D eigenvalue weighted by molar-refractivity contribution is 9.10. The molecule has 2 rings (SSSR count). The Morgan fingerprint density at radius 2 is 1.75 bits per heavy atom. The van der Waals surface area contributed by atoms with Crippen molar-refractivity contribution in [1.82, 2.24) is 0 Å². The van der Waals surface area contributed by atoms with E-state index in [1.54, 1.807) is 42.5 Å². The van der Waals surface area contributed by atoms with Crippen molar-refractivity contribution in [3.05, 3.63) is 63.1 Å². The first-order chi connectivity index (χ1) is 9.47. The second-order valence-electron chi connectivity index (χ2n) is 4.02. The van der Waals surface area contributed by atoms with E-state index in [1.807, 2.05) is 0 Å². The van der Waals surface area contributed by atoms with Crippen LogP contribution in [-0.4, -0.2) is 11.8 Å². The van der Waals surface area contributed by atoms with E-state index in [9.17, 15) is 9.59 Å². The van der Waals surface area contributed by atoms with Gasteiger partial charge in [-0.25, -0.2) is 0 Å². The van der Waals surface area contributed by atoms with Gasteiger partial charge in [-0.05, 0) is 42.5 Å². The van der Waals surface area contributed by atoms with Crippen LogP contribution in [0.1, 0.15) is 20.7 Å². The quantitative estimate of drug-likeness (QED) is 0.887. The highest BCUT2D eigenvalue weighted by Gasteiger charge is 2.12. The maximum atomic E-state index is 12.1. The fourth-order valence-corrected chi connectivity index (χ4v) is 2.11. The maximum Gasteiger partial charge on any atom is 0.255 e. The number of nitrogens with two attached hydrogens (primary N) is 1. The smallest absolute Gasteiger partial charge is 0.255 e. The van der Waals surface area contributed by atoms with E-state index in [2.05, 4.69) is 21.2 Å². The second-order valence-corrected chi connectivity index (χ2v) is 5.37. The molecule has 0 atom stereocenters. The lowest BCUT2D eigenvalue weighted by atomic mass is 10.1. The van der Waals surface area contributed by atoms with Crippen molar-refractivity contribution >= 4 is 45.0 Å². The zero-order valence-corrected chi connectivity index (χ0v) is 12.5. The Hall–Kier alpha value is -1.85. The van der Waals surface area contributed by atoms with Crippen LogP contribution in [0.4, 0.5) is 5.69 Å². The van der Waals surface area contributed by atoms with Crippen molar-refractivity contribution in [2.45, 2.75) is 0 Å².